The first-order valence-electron chi connectivity index (χ1n) is 8.89. The van der Waals surface area contributed by atoms with Crippen LogP contribution in [0.4, 0.5) is 0 Å². The minimum Gasteiger partial charge on any atom is -0.385 e. The van der Waals surface area contributed by atoms with Crippen molar-refractivity contribution in [1.29, 1.82) is 0 Å². The molecule has 148 valence electrons. The second-order valence-corrected chi connectivity index (χ2v) is 8.17. The van der Waals surface area contributed by atoms with E-state index in [1.54, 1.807) is 38.4 Å². The van der Waals surface area contributed by atoms with Crippen molar-refractivity contribution in [2.75, 3.05) is 59.7 Å². The normalized spacial score (nSPS) is 12.4. The Morgan fingerprint density at radius 3 is 2.46 bits per heavy atom. The summed E-state index contributed by atoms with van der Waals surface area (Å²) >= 11 is 0. The zero-order valence-electron chi connectivity index (χ0n) is 16.1. The number of sulfone groups is 1. The topological polar surface area (TPSA) is 83.0 Å². The van der Waals surface area contributed by atoms with E-state index >= 15 is 0 Å². The molecule has 0 unspecified atom stereocenters. The lowest BCUT2D eigenvalue weighted by atomic mass is 10.4. The summed E-state index contributed by atoms with van der Waals surface area (Å²) in [6.07, 6.45) is 1.53. The Labute approximate surface area is 157 Å². The number of guanidine groups is 1. The number of hydrogen-bond acceptors (Lipinski definition) is 5. The molecule has 0 saturated heterocycles. The highest BCUT2D eigenvalue weighted by Gasteiger charge is 2.13. The molecule has 0 heterocycles. The average molecular weight is 385 g/mol. The van der Waals surface area contributed by atoms with Crippen LogP contribution in [0.3, 0.4) is 0 Å². The van der Waals surface area contributed by atoms with Crippen LogP contribution in [0, 0.1) is 0 Å². The van der Waals surface area contributed by atoms with E-state index in [0.29, 0.717) is 23.8 Å². The van der Waals surface area contributed by atoms with Gasteiger partial charge in [-0.25, -0.2) is 8.42 Å². The predicted molar refractivity (Wildman–Crippen MR) is 106 cm³/mol. The van der Waals surface area contributed by atoms with E-state index < -0.39 is 9.84 Å². The zero-order valence-corrected chi connectivity index (χ0v) is 16.9. The smallest absolute Gasteiger partial charge is 0.191 e. The molecule has 1 aromatic carbocycles. The fourth-order valence-electron chi connectivity index (χ4n) is 2.39. The number of ether oxygens (including phenoxy) is 1. The van der Waals surface area contributed by atoms with Crippen molar-refractivity contribution in [2.45, 2.75) is 17.7 Å². The molecule has 0 aliphatic rings. The Kier molecular flexibility index (Phi) is 10.9. The number of hydrogen-bond donors (Lipinski definition) is 2. The quantitative estimate of drug-likeness (QED) is 0.318. The van der Waals surface area contributed by atoms with Crippen LogP contribution in [-0.4, -0.2) is 79.0 Å². The van der Waals surface area contributed by atoms with Gasteiger partial charge in [0.05, 0.1) is 10.6 Å². The van der Waals surface area contributed by atoms with Gasteiger partial charge in [-0.1, -0.05) is 18.2 Å². The van der Waals surface area contributed by atoms with Crippen LogP contribution in [0.2, 0.25) is 0 Å². The molecule has 8 heteroatoms. The maximum atomic E-state index is 12.2. The molecular formula is C18H32N4O3S. The van der Waals surface area contributed by atoms with Crippen molar-refractivity contribution in [3.8, 4) is 0 Å². The maximum absolute atomic E-state index is 12.2. The minimum atomic E-state index is -3.22. The van der Waals surface area contributed by atoms with Crippen molar-refractivity contribution in [1.82, 2.24) is 15.5 Å². The van der Waals surface area contributed by atoms with Crippen molar-refractivity contribution in [2.24, 2.45) is 4.99 Å². The van der Waals surface area contributed by atoms with Gasteiger partial charge in [-0.15, -0.1) is 0 Å². The number of nitrogens with zero attached hydrogens (tertiary/aromatic N) is 2. The largest absolute Gasteiger partial charge is 0.385 e. The van der Waals surface area contributed by atoms with Gasteiger partial charge in [0.25, 0.3) is 0 Å². The Hall–Kier alpha value is -1.64. The first-order valence-corrected chi connectivity index (χ1v) is 10.5. The molecule has 0 aliphatic heterocycles. The SMILES string of the molecule is CN=C(NCCCS(=O)(=O)c1ccccc1)NCCN(C)CCCOC. The molecule has 1 rings (SSSR count). The first-order chi connectivity index (χ1) is 12.5. The summed E-state index contributed by atoms with van der Waals surface area (Å²) in [7, 11) is 2.27. The van der Waals surface area contributed by atoms with Gasteiger partial charge < -0.3 is 20.3 Å². The summed E-state index contributed by atoms with van der Waals surface area (Å²) < 4.78 is 29.5. The molecule has 0 fully saturated rings. The first kappa shape index (κ1) is 22.4. The molecule has 0 saturated carbocycles. The van der Waals surface area contributed by atoms with Gasteiger partial charge in [-0.3, -0.25) is 4.99 Å². The van der Waals surface area contributed by atoms with E-state index in [1.165, 1.54) is 0 Å². The van der Waals surface area contributed by atoms with Gasteiger partial charge in [0.1, 0.15) is 0 Å². The lowest BCUT2D eigenvalue weighted by molar-refractivity contribution is 0.180. The lowest BCUT2D eigenvalue weighted by Gasteiger charge is -2.18. The van der Waals surface area contributed by atoms with Gasteiger partial charge in [-0.2, -0.15) is 0 Å². The number of rotatable bonds is 12. The van der Waals surface area contributed by atoms with Gasteiger partial charge in [-0.05, 0) is 32.0 Å². The van der Waals surface area contributed by atoms with Crippen molar-refractivity contribution >= 4 is 15.8 Å². The number of methoxy groups -OCH3 is 1. The van der Waals surface area contributed by atoms with Crippen LogP contribution in [0.25, 0.3) is 0 Å². The average Bonchev–Trinajstić information content (AvgIpc) is 2.64. The zero-order chi connectivity index (χ0) is 19.3. The van der Waals surface area contributed by atoms with Crippen LogP contribution in [0.5, 0.6) is 0 Å². The third kappa shape index (κ3) is 9.17. The highest BCUT2D eigenvalue weighted by atomic mass is 32.2. The van der Waals surface area contributed by atoms with Crippen LogP contribution < -0.4 is 10.6 Å². The van der Waals surface area contributed by atoms with E-state index in [2.05, 4.69) is 27.6 Å². The van der Waals surface area contributed by atoms with E-state index in [1.807, 2.05) is 6.07 Å². The second-order valence-electron chi connectivity index (χ2n) is 6.06. The summed E-state index contributed by atoms with van der Waals surface area (Å²) in [5, 5.41) is 6.39. The molecule has 1 aromatic rings. The molecule has 0 radical (unpaired) electrons. The third-order valence-corrected chi connectivity index (χ3v) is 5.70. The predicted octanol–water partition coefficient (Wildman–Crippen LogP) is 0.984. The Morgan fingerprint density at radius 2 is 1.81 bits per heavy atom. The van der Waals surface area contributed by atoms with Crippen molar-refractivity contribution in [3.05, 3.63) is 30.3 Å². The molecule has 2 N–H and O–H groups in total. The van der Waals surface area contributed by atoms with E-state index in [0.717, 1.165) is 32.7 Å². The molecule has 0 amide bonds. The van der Waals surface area contributed by atoms with Crippen LogP contribution >= 0.6 is 0 Å². The molecule has 0 atom stereocenters. The maximum Gasteiger partial charge on any atom is 0.191 e. The molecule has 0 bridgehead atoms. The van der Waals surface area contributed by atoms with Crippen LogP contribution in [0.15, 0.2) is 40.2 Å². The summed E-state index contributed by atoms with van der Waals surface area (Å²) in [5.74, 6) is 0.802. The summed E-state index contributed by atoms with van der Waals surface area (Å²) in [5.41, 5.74) is 0. The molecular weight excluding hydrogens is 352 g/mol. The highest BCUT2D eigenvalue weighted by molar-refractivity contribution is 7.91. The summed E-state index contributed by atoms with van der Waals surface area (Å²) in [6, 6.07) is 8.55. The van der Waals surface area contributed by atoms with Gasteiger partial charge in [0.2, 0.25) is 0 Å². The number of benzene rings is 1. The Bertz CT molecular complexity index is 621. The fraction of sp³-hybridized carbons (Fsp3) is 0.611. The molecule has 0 aliphatic carbocycles. The second kappa shape index (κ2) is 12.7. The molecule has 0 aromatic heterocycles. The minimum absolute atomic E-state index is 0.114. The Balaban J connectivity index is 2.22. The van der Waals surface area contributed by atoms with Gasteiger partial charge >= 0.3 is 0 Å². The third-order valence-electron chi connectivity index (χ3n) is 3.88. The van der Waals surface area contributed by atoms with Crippen LogP contribution in [-0.2, 0) is 14.6 Å². The van der Waals surface area contributed by atoms with E-state index in [-0.39, 0.29) is 5.75 Å². The van der Waals surface area contributed by atoms with Crippen LogP contribution in [0.1, 0.15) is 12.8 Å². The summed E-state index contributed by atoms with van der Waals surface area (Å²) in [4.78, 5) is 6.76. The standard InChI is InChI=1S/C18H32N4O3S/c1-19-18(21-12-14-22(2)13-8-15-25-3)20-11-7-16-26(23,24)17-9-5-4-6-10-17/h4-6,9-10H,7-8,11-16H2,1-3H3,(H2,19,20,21). The van der Waals surface area contributed by atoms with Crippen molar-refractivity contribution in [3.63, 3.8) is 0 Å². The van der Waals surface area contributed by atoms with E-state index in [9.17, 15) is 8.42 Å². The molecule has 7 nitrogen and oxygen atoms in total. The fourth-order valence-corrected chi connectivity index (χ4v) is 3.72. The number of likely N-dealkylation sites (N-methyl/N-ethyl adjacent to an activating group) is 1. The van der Waals surface area contributed by atoms with Gasteiger partial charge in [0.15, 0.2) is 15.8 Å². The number of aliphatic imine (C=N–C) groups is 1. The highest BCUT2D eigenvalue weighted by Crippen LogP contribution is 2.10. The number of nitrogens with one attached hydrogen (secondary N) is 2. The molecule has 26 heavy (non-hydrogen) atoms. The Morgan fingerprint density at radius 1 is 1.12 bits per heavy atom. The van der Waals surface area contributed by atoms with Gasteiger partial charge in [0, 0.05) is 46.9 Å². The molecule has 0 spiro atoms. The van der Waals surface area contributed by atoms with E-state index in [4.69, 9.17) is 4.74 Å². The summed E-state index contributed by atoms with van der Waals surface area (Å²) in [6.45, 7) is 3.97. The van der Waals surface area contributed by atoms with Crippen molar-refractivity contribution < 1.29 is 13.2 Å². The monoisotopic (exact) mass is 384 g/mol. The lowest BCUT2D eigenvalue weighted by Crippen LogP contribution is -2.41.